The molecule has 0 aliphatic heterocycles. The summed E-state index contributed by atoms with van der Waals surface area (Å²) in [5.41, 5.74) is 0.688. The van der Waals surface area contributed by atoms with Crippen LogP contribution < -0.4 is 5.32 Å². The average Bonchev–Trinajstić information content (AvgIpc) is 2.17. The van der Waals surface area contributed by atoms with Gasteiger partial charge >= 0.3 is 0 Å². The summed E-state index contributed by atoms with van der Waals surface area (Å²) in [4.78, 5) is 0. The first kappa shape index (κ1) is 11.9. The Bertz CT molecular complexity index is 317. The Hall–Kier alpha value is -1.13. The van der Waals surface area contributed by atoms with E-state index in [2.05, 4.69) is 5.32 Å². The van der Waals surface area contributed by atoms with Crippen LogP contribution in [0.3, 0.4) is 0 Å². The van der Waals surface area contributed by atoms with Gasteiger partial charge in [-0.3, -0.25) is 0 Å². The fourth-order valence-electron chi connectivity index (χ4n) is 1.37. The van der Waals surface area contributed by atoms with Gasteiger partial charge in [0.05, 0.1) is 6.61 Å². The van der Waals surface area contributed by atoms with Crippen LogP contribution in [0.2, 0.25) is 0 Å². The minimum atomic E-state index is -0.430. The van der Waals surface area contributed by atoms with Gasteiger partial charge in [-0.1, -0.05) is 6.07 Å². The molecule has 0 saturated heterocycles. The monoisotopic (exact) mass is 213 g/mol. The second kappa shape index (κ2) is 5.68. The normalized spacial score (nSPS) is 12.7. The number of halogens is 1. The van der Waals surface area contributed by atoms with Crippen molar-refractivity contribution in [1.29, 1.82) is 0 Å². The molecule has 1 atom stereocenters. The lowest BCUT2D eigenvalue weighted by molar-refractivity contribution is 0.196. The molecule has 0 aromatic heterocycles. The molecule has 0 spiro atoms. The lowest BCUT2D eigenvalue weighted by Gasteiger charge is -2.15. The standard InChI is InChI=1S/C11H16FNO2/c1-8(13-5-6-15-2)10-4-3-9(12)7-11(10)14/h3-4,7-8,13-14H,5-6H2,1-2H3. The number of nitrogens with one attached hydrogen (secondary N) is 1. The van der Waals surface area contributed by atoms with Gasteiger partial charge in [-0.25, -0.2) is 4.39 Å². The number of aromatic hydroxyl groups is 1. The van der Waals surface area contributed by atoms with Crippen molar-refractivity contribution in [2.24, 2.45) is 0 Å². The zero-order valence-electron chi connectivity index (χ0n) is 8.96. The van der Waals surface area contributed by atoms with E-state index in [0.29, 0.717) is 18.7 Å². The summed E-state index contributed by atoms with van der Waals surface area (Å²) in [6.07, 6.45) is 0. The van der Waals surface area contributed by atoms with Crippen LogP contribution in [0.15, 0.2) is 18.2 Å². The molecule has 0 bridgehead atoms. The van der Waals surface area contributed by atoms with E-state index in [4.69, 9.17) is 4.74 Å². The van der Waals surface area contributed by atoms with Crippen molar-refractivity contribution in [3.63, 3.8) is 0 Å². The molecule has 4 heteroatoms. The first-order valence-electron chi connectivity index (χ1n) is 4.86. The summed E-state index contributed by atoms with van der Waals surface area (Å²) < 4.78 is 17.6. The maximum absolute atomic E-state index is 12.7. The zero-order valence-corrected chi connectivity index (χ0v) is 8.96. The fraction of sp³-hybridized carbons (Fsp3) is 0.455. The van der Waals surface area contributed by atoms with E-state index in [1.54, 1.807) is 13.2 Å². The van der Waals surface area contributed by atoms with Crippen LogP contribution in [-0.2, 0) is 4.74 Å². The van der Waals surface area contributed by atoms with Gasteiger partial charge in [-0.05, 0) is 13.0 Å². The number of phenols is 1. The highest BCUT2D eigenvalue weighted by Crippen LogP contribution is 2.24. The summed E-state index contributed by atoms with van der Waals surface area (Å²) in [7, 11) is 1.63. The van der Waals surface area contributed by atoms with Gasteiger partial charge in [0, 0.05) is 31.3 Å². The van der Waals surface area contributed by atoms with E-state index in [1.165, 1.54) is 6.07 Å². The number of phenolic OH excluding ortho intramolecular Hbond substituents is 1. The van der Waals surface area contributed by atoms with Gasteiger partial charge in [0.25, 0.3) is 0 Å². The predicted molar refractivity (Wildman–Crippen MR) is 56.4 cm³/mol. The van der Waals surface area contributed by atoms with Gasteiger partial charge in [0.2, 0.25) is 0 Å². The highest BCUT2D eigenvalue weighted by atomic mass is 19.1. The first-order chi connectivity index (χ1) is 7.15. The van der Waals surface area contributed by atoms with Crippen molar-refractivity contribution in [1.82, 2.24) is 5.32 Å². The van der Waals surface area contributed by atoms with Crippen molar-refractivity contribution in [2.75, 3.05) is 20.3 Å². The molecule has 1 unspecified atom stereocenters. The van der Waals surface area contributed by atoms with Gasteiger partial charge in [0.1, 0.15) is 11.6 Å². The molecule has 0 fully saturated rings. The lowest BCUT2D eigenvalue weighted by atomic mass is 10.1. The largest absolute Gasteiger partial charge is 0.508 e. The van der Waals surface area contributed by atoms with E-state index in [1.807, 2.05) is 6.92 Å². The zero-order chi connectivity index (χ0) is 11.3. The van der Waals surface area contributed by atoms with E-state index < -0.39 is 5.82 Å². The quantitative estimate of drug-likeness (QED) is 0.733. The number of rotatable bonds is 5. The molecule has 84 valence electrons. The van der Waals surface area contributed by atoms with Crippen molar-refractivity contribution < 1.29 is 14.2 Å². The van der Waals surface area contributed by atoms with Crippen molar-refractivity contribution in [2.45, 2.75) is 13.0 Å². The van der Waals surface area contributed by atoms with Crippen LogP contribution in [0.25, 0.3) is 0 Å². The van der Waals surface area contributed by atoms with Crippen molar-refractivity contribution in [3.8, 4) is 5.75 Å². The molecular formula is C11H16FNO2. The molecule has 0 heterocycles. The minimum Gasteiger partial charge on any atom is -0.508 e. The molecule has 0 radical (unpaired) electrons. The number of hydrogen-bond acceptors (Lipinski definition) is 3. The minimum absolute atomic E-state index is 0.0209. The van der Waals surface area contributed by atoms with Crippen LogP contribution in [0, 0.1) is 5.82 Å². The Kier molecular flexibility index (Phi) is 4.52. The van der Waals surface area contributed by atoms with E-state index in [-0.39, 0.29) is 11.8 Å². The van der Waals surface area contributed by atoms with Gasteiger partial charge in [0.15, 0.2) is 0 Å². The third kappa shape index (κ3) is 3.49. The van der Waals surface area contributed by atoms with E-state index in [9.17, 15) is 9.50 Å². The number of methoxy groups -OCH3 is 1. The van der Waals surface area contributed by atoms with Gasteiger partial charge in [-0.2, -0.15) is 0 Å². The molecule has 0 saturated carbocycles. The molecule has 1 aromatic carbocycles. The van der Waals surface area contributed by atoms with Crippen molar-refractivity contribution >= 4 is 0 Å². The molecule has 2 N–H and O–H groups in total. The van der Waals surface area contributed by atoms with E-state index in [0.717, 1.165) is 6.07 Å². The summed E-state index contributed by atoms with van der Waals surface area (Å²) in [6, 6.07) is 4.00. The van der Waals surface area contributed by atoms with Crippen LogP contribution in [0.1, 0.15) is 18.5 Å². The first-order valence-corrected chi connectivity index (χ1v) is 4.86. The number of hydrogen-bond donors (Lipinski definition) is 2. The number of ether oxygens (including phenoxy) is 1. The highest BCUT2D eigenvalue weighted by molar-refractivity contribution is 5.34. The average molecular weight is 213 g/mol. The van der Waals surface area contributed by atoms with Gasteiger partial charge < -0.3 is 15.2 Å². The SMILES string of the molecule is COCCNC(C)c1ccc(F)cc1O. The highest BCUT2D eigenvalue weighted by Gasteiger charge is 2.09. The summed E-state index contributed by atoms with van der Waals surface area (Å²) in [5, 5.41) is 12.7. The maximum atomic E-state index is 12.7. The van der Waals surface area contributed by atoms with Crippen LogP contribution in [0.5, 0.6) is 5.75 Å². The Morgan fingerprint density at radius 3 is 2.87 bits per heavy atom. The molecule has 1 rings (SSSR count). The molecule has 1 aromatic rings. The van der Waals surface area contributed by atoms with Crippen LogP contribution >= 0.6 is 0 Å². The molecule has 0 amide bonds. The van der Waals surface area contributed by atoms with E-state index >= 15 is 0 Å². The second-order valence-corrected chi connectivity index (χ2v) is 3.37. The molecule has 0 aliphatic rings. The summed E-state index contributed by atoms with van der Waals surface area (Å²) >= 11 is 0. The molecular weight excluding hydrogens is 197 g/mol. The Labute approximate surface area is 88.9 Å². The molecule has 15 heavy (non-hydrogen) atoms. The Morgan fingerprint density at radius 2 is 2.27 bits per heavy atom. The van der Waals surface area contributed by atoms with Crippen molar-refractivity contribution in [3.05, 3.63) is 29.6 Å². The van der Waals surface area contributed by atoms with Gasteiger partial charge in [-0.15, -0.1) is 0 Å². The summed E-state index contributed by atoms with van der Waals surface area (Å²) in [5.74, 6) is -0.451. The van der Waals surface area contributed by atoms with Crippen LogP contribution in [0.4, 0.5) is 4.39 Å². The molecule has 3 nitrogen and oxygen atoms in total. The van der Waals surface area contributed by atoms with Crippen LogP contribution in [-0.4, -0.2) is 25.4 Å². The Balaban J connectivity index is 2.61. The second-order valence-electron chi connectivity index (χ2n) is 3.37. The Morgan fingerprint density at radius 1 is 1.53 bits per heavy atom. The lowest BCUT2D eigenvalue weighted by Crippen LogP contribution is -2.22. The third-order valence-corrected chi connectivity index (χ3v) is 2.22. The smallest absolute Gasteiger partial charge is 0.126 e. The topological polar surface area (TPSA) is 41.5 Å². The number of benzene rings is 1. The predicted octanol–water partition coefficient (Wildman–Crippen LogP) is 1.83. The fourth-order valence-corrected chi connectivity index (χ4v) is 1.37. The summed E-state index contributed by atoms with van der Waals surface area (Å²) in [6.45, 7) is 3.20. The molecule has 0 aliphatic carbocycles. The maximum Gasteiger partial charge on any atom is 0.126 e. The third-order valence-electron chi connectivity index (χ3n) is 2.22.